The maximum Gasteiger partial charge on any atom is 0.336 e. The van der Waals surface area contributed by atoms with E-state index >= 15 is 0 Å². The fourth-order valence-corrected chi connectivity index (χ4v) is 4.51. The molecule has 0 aliphatic heterocycles. The summed E-state index contributed by atoms with van der Waals surface area (Å²) in [6.45, 7) is 2.54. The van der Waals surface area contributed by atoms with Gasteiger partial charge >= 0.3 is 5.97 Å². The van der Waals surface area contributed by atoms with Crippen molar-refractivity contribution in [2.24, 2.45) is 5.92 Å². The summed E-state index contributed by atoms with van der Waals surface area (Å²) in [6, 6.07) is 14.8. The molecule has 1 aliphatic carbocycles. The zero-order valence-electron chi connectivity index (χ0n) is 18.5. The molecule has 1 N–H and O–H groups in total. The number of rotatable bonds is 8. The first-order chi connectivity index (χ1) is 15.5. The number of nitrogens with zero attached hydrogens (tertiary/aromatic N) is 3. The minimum atomic E-state index is -0.940. The number of ketones is 1. The molecule has 6 heteroatoms. The topological polar surface area (TPSA) is 85.1 Å². The first kappa shape index (κ1) is 21.9. The fourth-order valence-electron chi connectivity index (χ4n) is 4.51. The summed E-state index contributed by atoms with van der Waals surface area (Å²) in [4.78, 5) is 28.8. The molecule has 0 bridgehead atoms. The third-order valence-corrected chi connectivity index (χ3v) is 6.27. The highest BCUT2D eigenvalue weighted by Gasteiger charge is 2.22. The standard InChI is InChI=1S/C26H29N3O3/c1-2-24-27-25(23(30)16-18-8-4-3-5-9-18)28-29(24)17-19-12-14-20(15-13-19)21-10-6-7-11-22(21)26(31)32/h6-7,10-15,18H,2-5,8-9,16-17H2,1H3,(H,31,32). The van der Waals surface area contributed by atoms with Crippen molar-refractivity contribution in [1.82, 2.24) is 14.8 Å². The van der Waals surface area contributed by atoms with Crippen molar-refractivity contribution in [3.8, 4) is 11.1 Å². The molecular weight excluding hydrogens is 402 g/mol. The van der Waals surface area contributed by atoms with Crippen molar-refractivity contribution in [3.63, 3.8) is 0 Å². The summed E-state index contributed by atoms with van der Waals surface area (Å²) in [6.07, 6.45) is 7.21. The van der Waals surface area contributed by atoms with Crippen molar-refractivity contribution in [3.05, 3.63) is 71.3 Å². The highest BCUT2D eigenvalue weighted by atomic mass is 16.4. The number of carbonyl (C=O) groups excluding carboxylic acids is 1. The van der Waals surface area contributed by atoms with Crippen LogP contribution in [0.2, 0.25) is 0 Å². The van der Waals surface area contributed by atoms with Gasteiger partial charge in [-0.3, -0.25) is 4.79 Å². The molecule has 1 aromatic heterocycles. The second kappa shape index (κ2) is 9.90. The molecule has 0 radical (unpaired) electrons. The van der Waals surface area contributed by atoms with E-state index in [-0.39, 0.29) is 11.3 Å². The van der Waals surface area contributed by atoms with Gasteiger partial charge in [-0.25, -0.2) is 14.5 Å². The van der Waals surface area contributed by atoms with Gasteiger partial charge in [0.15, 0.2) is 0 Å². The minimum absolute atomic E-state index is 0.0472. The Kier molecular flexibility index (Phi) is 6.78. The Morgan fingerprint density at radius 1 is 1.03 bits per heavy atom. The Bertz CT molecular complexity index is 1100. The predicted molar refractivity (Wildman–Crippen MR) is 123 cm³/mol. The lowest BCUT2D eigenvalue weighted by Crippen LogP contribution is -2.13. The number of carboxylic acid groups (broad SMARTS) is 1. The van der Waals surface area contributed by atoms with Crippen molar-refractivity contribution in [2.45, 2.75) is 58.4 Å². The molecule has 6 nitrogen and oxygen atoms in total. The molecule has 166 valence electrons. The van der Waals surface area contributed by atoms with Crippen LogP contribution in [0.4, 0.5) is 0 Å². The van der Waals surface area contributed by atoms with Gasteiger partial charge < -0.3 is 5.11 Å². The van der Waals surface area contributed by atoms with Gasteiger partial charge in [0.25, 0.3) is 0 Å². The number of aromatic carboxylic acids is 1. The third kappa shape index (κ3) is 4.96. The average molecular weight is 432 g/mol. The summed E-state index contributed by atoms with van der Waals surface area (Å²) < 4.78 is 1.81. The Balaban J connectivity index is 1.49. The molecule has 0 unspecified atom stereocenters. The molecule has 4 rings (SSSR count). The Labute approximate surface area is 188 Å². The normalized spacial score (nSPS) is 14.4. The van der Waals surface area contributed by atoms with E-state index in [1.54, 1.807) is 12.1 Å². The van der Waals surface area contributed by atoms with Gasteiger partial charge in [-0.2, -0.15) is 0 Å². The molecule has 1 saturated carbocycles. The zero-order chi connectivity index (χ0) is 22.5. The molecule has 1 heterocycles. The number of hydrogen-bond acceptors (Lipinski definition) is 4. The molecule has 32 heavy (non-hydrogen) atoms. The highest BCUT2D eigenvalue weighted by Crippen LogP contribution is 2.27. The molecule has 1 fully saturated rings. The summed E-state index contributed by atoms with van der Waals surface area (Å²) >= 11 is 0. The van der Waals surface area contributed by atoms with E-state index in [4.69, 9.17) is 0 Å². The molecule has 1 aliphatic rings. The van der Waals surface area contributed by atoms with Crippen LogP contribution in [0.3, 0.4) is 0 Å². The maximum atomic E-state index is 12.7. The summed E-state index contributed by atoms with van der Waals surface area (Å²) in [5.41, 5.74) is 2.85. The maximum absolute atomic E-state index is 12.7. The fraction of sp³-hybridized carbons (Fsp3) is 0.385. The number of benzene rings is 2. The van der Waals surface area contributed by atoms with Gasteiger partial charge in [-0.1, -0.05) is 81.5 Å². The van der Waals surface area contributed by atoms with Crippen molar-refractivity contribution in [1.29, 1.82) is 0 Å². The summed E-state index contributed by atoms with van der Waals surface area (Å²) in [5.74, 6) is 0.711. The number of carbonyl (C=O) groups is 2. The van der Waals surface area contributed by atoms with Gasteiger partial charge in [0.1, 0.15) is 5.82 Å². The second-order valence-corrected chi connectivity index (χ2v) is 8.54. The molecule has 0 spiro atoms. The molecule has 0 saturated heterocycles. The quantitative estimate of drug-likeness (QED) is 0.482. The van der Waals surface area contributed by atoms with Gasteiger partial charge in [-0.05, 0) is 28.7 Å². The van der Waals surface area contributed by atoms with Crippen LogP contribution in [0.15, 0.2) is 48.5 Å². The minimum Gasteiger partial charge on any atom is -0.478 e. The lowest BCUT2D eigenvalue weighted by atomic mass is 9.86. The first-order valence-corrected chi connectivity index (χ1v) is 11.4. The van der Waals surface area contributed by atoms with Crippen LogP contribution in [0.5, 0.6) is 0 Å². The highest BCUT2D eigenvalue weighted by molar-refractivity contribution is 5.96. The van der Waals surface area contributed by atoms with E-state index in [1.165, 1.54) is 19.3 Å². The Hall–Kier alpha value is -3.28. The Morgan fingerprint density at radius 2 is 1.75 bits per heavy atom. The van der Waals surface area contributed by atoms with E-state index < -0.39 is 5.97 Å². The Morgan fingerprint density at radius 3 is 2.44 bits per heavy atom. The van der Waals surface area contributed by atoms with Gasteiger partial charge in [-0.15, -0.1) is 5.10 Å². The van der Waals surface area contributed by atoms with E-state index in [1.807, 2.05) is 48.0 Å². The lowest BCUT2D eigenvalue weighted by molar-refractivity contribution is 0.0697. The van der Waals surface area contributed by atoms with Crippen molar-refractivity contribution < 1.29 is 14.7 Å². The molecule has 2 aromatic carbocycles. The van der Waals surface area contributed by atoms with E-state index in [0.717, 1.165) is 29.8 Å². The molecule has 3 aromatic rings. The van der Waals surface area contributed by atoms with Crippen LogP contribution in [-0.2, 0) is 13.0 Å². The number of hydrogen-bond donors (Lipinski definition) is 1. The summed E-state index contributed by atoms with van der Waals surface area (Å²) in [5, 5.41) is 14.0. The molecule has 0 atom stereocenters. The monoisotopic (exact) mass is 431 g/mol. The van der Waals surface area contributed by atoms with E-state index in [0.29, 0.717) is 36.7 Å². The van der Waals surface area contributed by atoms with Gasteiger partial charge in [0.05, 0.1) is 12.1 Å². The average Bonchev–Trinajstić information content (AvgIpc) is 3.23. The van der Waals surface area contributed by atoms with Crippen LogP contribution in [0.1, 0.15) is 77.8 Å². The lowest BCUT2D eigenvalue weighted by Gasteiger charge is -2.19. The molecule has 0 amide bonds. The van der Waals surface area contributed by atoms with Crippen LogP contribution < -0.4 is 0 Å². The van der Waals surface area contributed by atoms with Crippen LogP contribution in [0, 0.1) is 5.92 Å². The van der Waals surface area contributed by atoms with Gasteiger partial charge in [0.2, 0.25) is 11.6 Å². The number of aromatic nitrogens is 3. The van der Waals surface area contributed by atoms with E-state index in [2.05, 4.69) is 10.1 Å². The van der Waals surface area contributed by atoms with E-state index in [9.17, 15) is 14.7 Å². The second-order valence-electron chi connectivity index (χ2n) is 8.54. The van der Waals surface area contributed by atoms with Crippen LogP contribution in [0.25, 0.3) is 11.1 Å². The first-order valence-electron chi connectivity index (χ1n) is 11.4. The summed E-state index contributed by atoms with van der Waals surface area (Å²) in [7, 11) is 0. The van der Waals surface area contributed by atoms with Crippen LogP contribution >= 0.6 is 0 Å². The number of aryl methyl sites for hydroxylation is 1. The number of carboxylic acids is 1. The third-order valence-electron chi connectivity index (χ3n) is 6.27. The van der Waals surface area contributed by atoms with Crippen molar-refractivity contribution >= 4 is 11.8 Å². The van der Waals surface area contributed by atoms with Gasteiger partial charge in [0, 0.05) is 12.8 Å². The number of Topliss-reactive ketones (excluding diaryl/α,β-unsaturated/α-hetero) is 1. The smallest absolute Gasteiger partial charge is 0.336 e. The SMILES string of the molecule is CCc1nc(C(=O)CC2CCCCC2)nn1Cc1ccc(-c2ccccc2C(=O)O)cc1. The predicted octanol–water partition coefficient (Wildman–Crippen LogP) is 5.41. The zero-order valence-corrected chi connectivity index (χ0v) is 18.5. The van der Waals surface area contributed by atoms with Crippen molar-refractivity contribution in [2.75, 3.05) is 0 Å². The largest absolute Gasteiger partial charge is 0.478 e. The van der Waals surface area contributed by atoms with Crippen LogP contribution in [-0.4, -0.2) is 31.6 Å². The molecular formula is C26H29N3O3.